The molecule has 18 heavy (non-hydrogen) atoms. The van der Waals surface area contributed by atoms with E-state index >= 15 is 0 Å². The van der Waals surface area contributed by atoms with Crippen LogP contribution in [0.5, 0.6) is 0 Å². The van der Waals surface area contributed by atoms with Gasteiger partial charge in [0, 0.05) is 6.42 Å². The number of esters is 1. The standard InChI is InChI=1S/C12H20F2O4/c1-5-12(13,14)8-16-9(15)11(4)6-17-10(2,3)18-7-11/h5-8H2,1-4H3. The molecule has 4 nitrogen and oxygen atoms in total. The van der Waals surface area contributed by atoms with E-state index in [2.05, 4.69) is 4.74 Å². The summed E-state index contributed by atoms with van der Waals surface area (Å²) in [6.07, 6.45) is -0.364. The fourth-order valence-corrected chi connectivity index (χ4v) is 1.31. The van der Waals surface area contributed by atoms with Crippen LogP contribution in [0, 0.1) is 5.41 Å². The van der Waals surface area contributed by atoms with Gasteiger partial charge in [-0.2, -0.15) is 0 Å². The summed E-state index contributed by atoms with van der Waals surface area (Å²) in [5.74, 6) is -4.46. The third kappa shape index (κ3) is 3.88. The highest BCUT2D eigenvalue weighted by atomic mass is 19.3. The highest BCUT2D eigenvalue weighted by Gasteiger charge is 2.44. The zero-order chi connectivity index (χ0) is 14.0. The van der Waals surface area contributed by atoms with Gasteiger partial charge in [0.15, 0.2) is 12.4 Å². The number of carbonyl (C=O) groups excluding carboxylic acids is 1. The van der Waals surface area contributed by atoms with E-state index in [-0.39, 0.29) is 19.6 Å². The molecule has 0 aliphatic carbocycles. The van der Waals surface area contributed by atoms with Crippen molar-refractivity contribution in [2.24, 2.45) is 5.41 Å². The average molecular weight is 266 g/mol. The summed E-state index contributed by atoms with van der Waals surface area (Å²) in [7, 11) is 0. The monoisotopic (exact) mass is 266 g/mol. The number of rotatable bonds is 4. The molecule has 1 aliphatic rings. The van der Waals surface area contributed by atoms with Crippen LogP contribution in [0.15, 0.2) is 0 Å². The first-order chi connectivity index (χ1) is 8.10. The van der Waals surface area contributed by atoms with E-state index < -0.39 is 29.7 Å². The number of alkyl halides is 2. The van der Waals surface area contributed by atoms with Gasteiger partial charge in [-0.25, -0.2) is 8.78 Å². The van der Waals surface area contributed by atoms with Gasteiger partial charge in [-0.15, -0.1) is 0 Å². The molecule has 0 bridgehead atoms. The number of hydrogen-bond acceptors (Lipinski definition) is 4. The van der Waals surface area contributed by atoms with Gasteiger partial charge in [0.1, 0.15) is 5.41 Å². The van der Waals surface area contributed by atoms with Crippen LogP contribution in [0.25, 0.3) is 0 Å². The second kappa shape index (κ2) is 5.09. The lowest BCUT2D eigenvalue weighted by Crippen LogP contribution is -2.50. The predicted octanol–water partition coefficient (Wildman–Crippen LogP) is 2.36. The third-order valence-electron chi connectivity index (χ3n) is 2.90. The van der Waals surface area contributed by atoms with Crippen LogP contribution >= 0.6 is 0 Å². The Morgan fingerprint density at radius 3 is 2.22 bits per heavy atom. The zero-order valence-corrected chi connectivity index (χ0v) is 11.2. The maximum absolute atomic E-state index is 13.0. The van der Waals surface area contributed by atoms with Gasteiger partial charge < -0.3 is 14.2 Å². The molecule has 6 heteroatoms. The lowest BCUT2D eigenvalue weighted by Gasteiger charge is -2.39. The van der Waals surface area contributed by atoms with Crippen molar-refractivity contribution in [3.8, 4) is 0 Å². The van der Waals surface area contributed by atoms with Crippen LogP contribution in [-0.4, -0.2) is 37.5 Å². The van der Waals surface area contributed by atoms with Crippen molar-refractivity contribution in [2.45, 2.75) is 45.8 Å². The van der Waals surface area contributed by atoms with E-state index in [1.54, 1.807) is 20.8 Å². The summed E-state index contributed by atoms with van der Waals surface area (Å²) in [6.45, 7) is 5.65. The molecule has 0 unspecified atom stereocenters. The Hall–Kier alpha value is -0.750. The summed E-state index contributed by atoms with van der Waals surface area (Å²) < 4.78 is 41.3. The zero-order valence-electron chi connectivity index (χ0n) is 11.2. The molecule has 106 valence electrons. The molecule has 0 atom stereocenters. The van der Waals surface area contributed by atoms with Gasteiger partial charge in [0.2, 0.25) is 0 Å². The SMILES string of the molecule is CCC(F)(F)COC(=O)C1(C)COC(C)(C)OC1. The van der Waals surface area contributed by atoms with Crippen LogP contribution < -0.4 is 0 Å². The first-order valence-corrected chi connectivity index (χ1v) is 5.93. The summed E-state index contributed by atoms with van der Waals surface area (Å²) in [4.78, 5) is 11.8. The Labute approximate surface area is 106 Å². The van der Waals surface area contributed by atoms with Crippen molar-refractivity contribution >= 4 is 5.97 Å². The van der Waals surface area contributed by atoms with Crippen molar-refractivity contribution in [1.82, 2.24) is 0 Å². The van der Waals surface area contributed by atoms with E-state index in [0.29, 0.717) is 0 Å². The summed E-state index contributed by atoms with van der Waals surface area (Å²) in [6, 6.07) is 0. The van der Waals surface area contributed by atoms with Gasteiger partial charge in [-0.1, -0.05) is 6.92 Å². The Balaban J connectivity index is 2.52. The fourth-order valence-electron chi connectivity index (χ4n) is 1.31. The van der Waals surface area contributed by atoms with Crippen molar-refractivity contribution < 1.29 is 27.8 Å². The Morgan fingerprint density at radius 2 is 1.78 bits per heavy atom. The minimum atomic E-state index is -2.98. The quantitative estimate of drug-likeness (QED) is 0.733. The van der Waals surface area contributed by atoms with Gasteiger partial charge in [0.05, 0.1) is 13.2 Å². The number of ether oxygens (including phenoxy) is 3. The van der Waals surface area contributed by atoms with Crippen molar-refractivity contribution in [3.05, 3.63) is 0 Å². The molecule has 0 amide bonds. The minimum absolute atomic E-state index is 0.0938. The van der Waals surface area contributed by atoms with Crippen LogP contribution in [0.3, 0.4) is 0 Å². The molecule has 1 saturated heterocycles. The number of hydrogen-bond donors (Lipinski definition) is 0. The summed E-state index contributed by atoms with van der Waals surface area (Å²) >= 11 is 0. The van der Waals surface area contributed by atoms with E-state index in [1.807, 2.05) is 0 Å². The lowest BCUT2D eigenvalue weighted by atomic mass is 9.92. The Kier molecular flexibility index (Phi) is 4.33. The van der Waals surface area contributed by atoms with Crippen LogP contribution in [0.2, 0.25) is 0 Å². The third-order valence-corrected chi connectivity index (χ3v) is 2.90. The van der Waals surface area contributed by atoms with Crippen molar-refractivity contribution in [2.75, 3.05) is 19.8 Å². The molecular formula is C12H20F2O4. The molecule has 0 spiro atoms. The molecule has 0 N–H and O–H groups in total. The van der Waals surface area contributed by atoms with E-state index in [4.69, 9.17) is 9.47 Å². The molecule has 0 aromatic carbocycles. The number of carbonyl (C=O) groups is 1. The van der Waals surface area contributed by atoms with Gasteiger partial charge in [0.25, 0.3) is 5.92 Å². The highest BCUT2D eigenvalue weighted by molar-refractivity contribution is 5.76. The minimum Gasteiger partial charge on any atom is -0.459 e. The molecule has 1 fully saturated rings. The van der Waals surface area contributed by atoms with Crippen molar-refractivity contribution in [3.63, 3.8) is 0 Å². The van der Waals surface area contributed by atoms with Gasteiger partial charge in [-0.3, -0.25) is 4.79 Å². The summed E-state index contributed by atoms with van der Waals surface area (Å²) in [5, 5.41) is 0. The van der Waals surface area contributed by atoms with Crippen molar-refractivity contribution in [1.29, 1.82) is 0 Å². The highest BCUT2D eigenvalue weighted by Crippen LogP contribution is 2.31. The number of halogens is 2. The van der Waals surface area contributed by atoms with E-state index in [0.717, 1.165) is 0 Å². The first-order valence-electron chi connectivity index (χ1n) is 5.93. The molecule has 0 radical (unpaired) electrons. The maximum atomic E-state index is 13.0. The van der Waals surface area contributed by atoms with Gasteiger partial charge in [-0.05, 0) is 20.8 Å². The Bertz CT molecular complexity index is 305. The van der Waals surface area contributed by atoms with Crippen LogP contribution in [0.1, 0.15) is 34.1 Å². The van der Waals surface area contributed by atoms with E-state index in [9.17, 15) is 13.6 Å². The van der Waals surface area contributed by atoms with Crippen LogP contribution in [0.4, 0.5) is 8.78 Å². The average Bonchev–Trinajstić information content (AvgIpc) is 2.30. The topological polar surface area (TPSA) is 44.8 Å². The fraction of sp³-hybridized carbons (Fsp3) is 0.917. The lowest BCUT2D eigenvalue weighted by molar-refractivity contribution is -0.282. The second-order valence-corrected chi connectivity index (χ2v) is 5.32. The van der Waals surface area contributed by atoms with Gasteiger partial charge >= 0.3 is 5.97 Å². The van der Waals surface area contributed by atoms with E-state index in [1.165, 1.54) is 6.92 Å². The Morgan fingerprint density at radius 1 is 1.28 bits per heavy atom. The maximum Gasteiger partial charge on any atom is 0.316 e. The molecule has 1 heterocycles. The molecule has 1 rings (SSSR count). The second-order valence-electron chi connectivity index (χ2n) is 5.32. The molecular weight excluding hydrogens is 246 g/mol. The largest absolute Gasteiger partial charge is 0.459 e. The molecule has 0 saturated carbocycles. The molecule has 1 aliphatic heterocycles. The smallest absolute Gasteiger partial charge is 0.316 e. The van der Waals surface area contributed by atoms with Crippen LogP contribution in [-0.2, 0) is 19.0 Å². The summed E-state index contributed by atoms with van der Waals surface area (Å²) in [5.41, 5.74) is -1.03. The predicted molar refractivity (Wildman–Crippen MR) is 60.3 cm³/mol. The first kappa shape index (κ1) is 15.3. The normalized spacial score (nSPS) is 22.6. The molecule has 0 aromatic heterocycles. The molecule has 0 aromatic rings.